The van der Waals surface area contributed by atoms with Gasteiger partial charge < -0.3 is 4.74 Å². The van der Waals surface area contributed by atoms with Crippen LogP contribution in [0.4, 0.5) is 17.6 Å². The Labute approximate surface area is 176 Å². The molecule has 0 saturated carbocycles. The molecule has 0 aliphatic rings. The SMILES string of the molecule is Cn1c(C(F)(F)F)cc(=O)n(-c2cc(OCSc3ccccc3)c(Cl)cc2F)c1=O. The number of aromatic nitrogens is 2. The highest BCUT2D eigenvalue weighted by molar-refractivity contribution is 7.99. The van der Waals surface area contributed by atoms with Crippen LogP contribution in [0.5, 0.6) is 5.75 Å². The molecule has 0 N–H and O–H groups in total. The summed E-state index contributed by atoms with van der Waals surface area (Å²) in [6, 6.07) is 11.2. The lowest BCUT2D eigenvalue weighted by atomic mass is 10.2. The average Bonchev–Trinajstić information content (AvgIpc) is 2.67. The van der Waals surface area contributed by atoms with E-state index in [-0.39, 0.29) is 31.9 Å². The number of nitrogens with zero attached hydrogens (tertiary/aromatic N) is 2. The van der Waals surface area contributed by atoms with E-state index in [4.69, 9.17) is 16.3 Å². The first-order valence-corrected chi connectivity index (χ1v) is 9.66. The molecular weight excluding hydrogens is 448 g/mol. The van der Waals surface area contributed by atoms with Crippen LogP contribution in [0.25, 0.3) is 5.69 Å². The largest absolute Gasteiger partial charge is 0.481 e. The Bertz CT molecular complexity index is 1190. The summed E-state index contributed by atoms with van der Waals surface area (Å²) in [6.07, 6.45) is -4.92. The van der Waals surface area contributed by atoms with Gasteiger partial charge in [0.25, 0.3) is 5.56 Å². The van der Waals surface area contributed by atoms with Crippen molar-refractivity contribution in [3.05, 3.63) is 85.9 Å². The van der Waals surface area contributed by atoms with Gasteiger partial charge in [-0.1, -0.05) is 41.6 Å². The lowest BCUT2D eigenvalue weighted by molar-refractivity contribution is -0.144. The molecule has 158 valence electrons. The van der Waals surface area contributed by atoms with E-state index in [1.54, 1.807) is 0 Å². The summed E-state index contributed by atoms with van der Waals surface area (Å²) in [5, 5.41) is -0.123. The number of rotatable bonds is 5. The topological polar surface area (TPSA) is 53.2 Å². The van der Waals surface area contributed by atoms with Crippen LogP contribution in [0.2, 0.25) is 5.02 Å². The van der Waals surface area contributed by atoms with E-state index in [9.17, 15) is 27.2 Å². The minimum atomic E-state index is -4.92. The summed E-state index contributed by atoms with van der Waals surface area (Å²) < 4.78 is 59.5. The van der Waals surface area contributed by atoms with Gasteiger partial charge in [0, 0.05) is 24.1 Å². The van der Waals surface area contributed by atoms with E-state index in [2.05, 4.69) is 0 Å². The van der Waals surface area contributed by atoms with Crippen molar-refractivity contribution < 1.29 is 22.3 Å². The molecule has 0 fully saturated rings. The molecule has 0 saturated heterocycles. The summed E-state index contributed by atoms with van der Waals surface area (Å²) in [6.45, 7) is 0. The summed E-state index contributed by atoms with van der Waals surface area (Å²) in [5.74, 6) is -1.03. The fraction of sp³-hybridized carbons (Fsp3) is 0.158. The van der Waals surface area contributed by atoms with Crippen molar-refractivity contribution in [1.29, 1.82) is 0 Å². The molecular formula is C19H13ClF4N2O3S. The molecule has 0 bridgehead atoms. The highest BCUT2D eigenvalue weighted by Crippen LogP contribution is 2.31. The van der Waals surface area contributed by atoms with Crippen molar-refractivity contribution >= 4 is 23.4 Å². The second-order valence-electron chi connectivity index (χ2n) is 6.00. The van der Waals surface area contributed by atoms with Crippen molar-refractivity contribution in [2.45, 2.75) is 11.1 Å². The molecule has 30 heavy (non-hydrogen) atoms. The fourth-order valence-electron chi connectivity index (χ4n) is 2.60. The number of alkyl halides is 3. The second kappa shape index (κ2) is 8.57. The lowest BCUT2D eigenvalue weighted by Gasteiger charge is -2.15. The maximum Gasteiger partial charge on any atom is 0.431 e. The molecule has 0 atom stereocenters. The van der Waals surface area contributed by atoms with Gasteiger partial charge in [0.05, 0.1) is 10.7 Å². The van der Waals surface area contributed by atoms with E-state index >= 15 is 0 Å². The Balaban J connectivity index is 1.99. The summed E-state index contributed by atoms with van der Waals surface area (Å²) in [4.78, 5) is 25.5. The van der Waals surface area contributed by atoms with Gasteiger partial charge in [-0.2, -0.15) is 13.2 Å². The Kier molecular flexibility index (Phi) is 6.27. The first-order valence-electron chi connectivity index (χ1n) is 8.30. The van der Waals surface area contributed by atoms with Gasteiger partial charge in [0.15, 0.2) is 0 Å². The van der Waals surface area contributed by atoms with Crippen LogP contribution >= 0.6 is 23.4 Å². The third-order valence-electron chi connectivity index (χ3n) is 4.04. The molecule has 3 rings (SSSR count). The van der Waals surface area contributed by atoms with Crippen molar-refractivity contribution in [2.75, 3.05) is 5.94 Å². The van der Waals surface area contributed by atoms with Gasteiger partial charge in [-0.05, 0) is 18.2 Å². The quantitative estimate of drug-likeness (QED) is 0.320. The Hall–Kier alpha value is -2.72. The monoisotopic (exact) mass is 460 g/mol. The number of hydrogen-bond acceptors (Lipinski definition) is 4. The van der Waals surface area contributed by atoms with Gasteiger partial charge in [0.1, 0.15) is 23.2 Å². The number of halogens is 5. The molecule has 5 nitrogen and oxygen atoms in total. The molecule has 11 heteroatoms. The molecule has 0 aliphatic heterocycles. The Morgan fingerprint density at radius 3 is 2.40 bits per heavy atom. The molecule has 3 aromatic rings. The van der Waals surface area contributed by atoms with Crippen LogP contribution in [-0.2, 0) is 13.2 Å². The highest BCUT2D eigenvalue weighted by atomic mass is 35.5. The molecule has 0 amide bonds. The highest BCUT2D eigenvalue weighted by Gasteiger charge is 2.35. The first-order chi connectivity index (χ1) is 14.1. The first kappa shape index (κ1) is 22.0. The molecule has 1 heterocycles. The average molecular weight is 461 g/mol. The zero-order chi connectivity index (χ0) is 22.1. The van der Waals surface area contributed by atoms with Crippen LogP contribution in [0, 0.1) is 5.82 Å². The normalized spacial score (nSPS) is 11.5. The van der Waals surface area contributed by atoms with E-state index < -0.39 is 34.6 Å². The molecule has 0 aliphatic carbocycles. The number of benzene rings is 2. The van der Waals surface area contributed by atoms with Crippen molar-refractivity contribution in [3.63, 3.8) is 0 Å². The van der Waals surface area contributed by atoms with Crippen LogP contribution < -0.4 is 16.0 Å². The molecule has 0 spiro atoms. The van der Waals surface area contributed by atoms with Crippen LogP contribution in [-0.4, -0.2) is 15.1 Å². The summed E-state index contributed by atoms with van der Waals surface area (Å²) in [7, 11) is 0.836. The van der Waals surface area contributed by atoms with Crippen LogP contribution in [0.3, 0.4) is 0 Å². The minimum Gasteiger partial charge on any atom is -0.481 e. The Morgan fingerprint density at radius 2 is 1.77 bits per heavy atom. The molecule has 2 aromatic carbocycles. The minimum absolute atomic E-state index is 0.0367. The zero-order valence-corrected chi connectivity index (χ0v) is 16.8. The van der Waals surface area contributed by atoms with Crippen molar-refractivity contribution in [3.8, 4) is 11.4 Å². The smallest absolute Gasteiger partial charge is 0.431 e. The maximum atomic E-state index is 14.5. The van der Waals surface area contributed by atoms with Gasteiger partial charge in [-0.15, -0.1) is 0 Å². The summed E-state index contributed by atoms with van der Waals surface area (Å²) >= 11 is 7.28. The predicted molar refractivity (Wildman–Crippen MR) is 105 cm³/mol. The van der Waals surface area contributed by atoms with E-state index in [1.807, 2.05) is 30.3 Å². The van der Waals surface area contributed by atoms with Crippen LogP contribution in [0.15, 0.2) is 63.0 Å². The maximum absolute atomic E-state index is 14.5. The predicted octanol–water partition coefficient (Wildman–Crippen LogP) is 4.48. The number of hydrogen-bond donors (Lipinski definition) is 0. The Morgan fingerprint density at radius 1 is 1.10 bits per heavy atom. The van der Waals surface area contributed by atoms with E-state index in [0.717, 1.165) is 24.1 Å². The second-order valence-corrected chi connectivity index (χ2v) is 7.40. The molecule has 0 unspecified atom stereocenters. The van der Waals surface area contributed by atoms with Gasteiger partial charge >= 0.3 is 11.9 Å². The van der Waals surface area contributed by atoms with E-state index in [1.165, 1.54) is 11.8 Å². The number of thioether (sulfide) groups is 1. The standard InChI is InChI=1S/C19H13ClF4N2O3S/c1-25-16(19(22,23)24)9-17(27)26(18(25)28)14-8-15(12(20)7-13(14)21)29-10-30-11-5-3-2-4-6-11/h2-9H,10H2,1H3. The van der Waals surface area contributed by atoms with Crippen molar-refractivity contribution in [1.82, 2.24) is 9.13 Å². The third-order valence-corrected chi connectivity index (χ3v) is 5.17. The third kappa shape index (κ3) is 4.54. The van der Waals surface area contributed by atoms with Gasteiger partial charge in [-0.25, -0.2) is 13.8 Å². The van der Waals surface area contributed by atoms with Crippen LogP contribution in [0.1, 0.15) is 5.69 Å². The van der Waals surface area contributed by atoms with Gasteiger partial charge in [0.2, 0.25) is 0 Å². The van der Waals surface area contributed by atoms with E-state index in [0.29, 0.717) is 0 Å². The molecule has 1 aromatic heterocycles. The summed E-state index contributed by atoms with van der Waals surface area (Å²) in [5.41, 5.74) is -4.71. The fourth-order valence-corrected chi connectivity index (χ4v) is 3.47. The lowest BCUT2D eigenvalue weighted by Crippen LogP contribution is -2.41. The van der Waals surface area contributed by atoms with Crippen molar-refractivity contribution in [2.24, 2.45) is 7.05 Å². The number of ether oxygens (including phenoxy) is 1. The van der Waals surface area contributed by atoms with Gasteiger partial charge in [-0.3, -0.25) is 9.36 Å². The zero-order valence-electron chi connectivity index (χ0n) is 15.2. The molecule has 0 radical (unpaired) electrons.